The molecule has 0 amide bonds. The molecule has 0 aliphatic rings. The number of rotatable bonds is 6. The van der Waals surface area contributed by atoms with Crippen LogP contribution in [0.5, 0.6) is 5.75 Å². The van der Waals surface area contributed by atoms with E-state index in [0.29, 0.717) is 12.2 Å². The zero-order valence-corrected chi connectivity index (χ0v) is 11.5. The molecule has 0 bridgehead atoms. The average Bonchev–Trinajstić information content (AvgIpc) is 2.36. The predicted octanol–water partition coefficient (Wildman–Crippen LogP) is 3.91. The molecule has 0 aromatic heterocycles. The Balaban J connectivity index is 2.70. The summed E-state index contributed by atoms with van der Waals surface area (Å²) >= 11 is 0. The fourth-order valence-electron chi connectivity index (χ4n) is 1.87. The quantitative estimate of drug-likeness (QED) is 0.850. The van der Waals surface area contributed by atoms with E-state index in [4.69, 9.17) is 4.74 Å². The van der Waals surface area contributed by atoms with Crippen molar-refractivity contribution < 1.29 is 17.9 Å². The Morgan fingerprint density at radius 2 is 1.74 bits per heavy atom. The van der Waals surface area contributed by atoms with Gasteiger partial charge in [-0.3, -0.25) is 5.32 Å². The first-order valence-electron chi connectivity index (χ1n) is 6.27. The molecule has 0 saturated heterocycles. The molecule has 1 aromatic carbocycles. The van der Waals surface area contributed by atoms with Gasteiger partial charge in [-0.25, -0.2) is 0 Å². The first-order chi connectivity index (χ1) is 8.82. The third-order valence-corrected chi connectivity index (χ3v) is 3.22. The van der Waals surface area contributed by atoms with Crippen LogP contribution in [-0.4, -0.2) is 18.8 Å². The first-order valence-corrected chi connectivity index (χ1v) is 6.27. The fourth-order valence-corrected chi connectivity index (χ4v) is 1.87. The van der Waals surface area contributed by atoms with Gasteiger partial charge in [0.25, 0.3) is 0 Å². The van der Waals surface area contributed by atoms with Gasteiger partial charge in [0, 0.05) is 6.54 Å². The second-order valence-corrected chi connectivity index (χ2v) is 4.78. The lowest BCUT2D eigenvalue weighted by molar-refractivity contribution is -0.194. The number of methoxy groups -OCH3 is 1. The van der Waals surface area contributed by atoms with Gasteiger partial charge in [-0.15, -0.1) is 0 Å². The molecule has 0 aliphatic heterocycles. The maximum atomic E-state index is 13.0. The Morgan fingerprint density at radius 3 is 2.16 bits per heavy atom. The molecule has 108 valence electrons. The van der Waals surface area contributed by atoms with Crippen LogP contribution in [-0.2, 0) is 6.54 Å². The molecule has 1 N–H and O–H groups in total. The van der Waals surface area contributed by atoms with Gasteiger partial charge in [0.1, 0.15) is 11.3 Å². The second kappa shape index (κ2) is 6.28. The van der Waals surface area contributed by atoms with E-state index in [0.717, 1.165) is 5.56 Å². The summed E-state index contributed by atoms with van der Waals surface area (Å²) < 4.78 is 44.1. The molecule has 1 aromatic rings. The van der Waals surface area contributed by atoms with E-state index in [1.54, 1.807) is 38.3 Å². The van der Waals surface area contributed by atoms with Crippen LogP contribution < -0.4 is 10.1 Å². The number of hydrogen-bond acceptors (Lipinski definition) is 2. The topological polar surface area (TPSA) is 21.3 Å². The summed E-state index contributed by atoms with van der Waals surface area (Å²) in [4.78, 5) is 0. The van der Waals surface area contributed by atoms with Crippen LogP contribution in [0.15, 0.2) is 24.3 Å². The highest BCUT2D eigenvalue weighted by Gasteiger charge is 2.49. The van der Waals surface area contributed by atoms with Crippen molar-refractivity contribution in [3.63, 3.8) is 0 Å². The van der Waals surface area contributed by atoms with Gasteiger partial charge in [-0.1, -0.05) is 25.5 Å². The zero-order chi connectivity index (χ0) is 14.5. The Hall–Kier alpha value is -1.23. The summed E-state index contributed by atoms with van der Waals surface area (Å²) in [6.07, 6.45) is -3.71. The van der Waals surface area contributed by atoms with E-state index in [-0.39, 0.29) is 13.0 Å². The van der Waals surface area contributed by atoms with Crippen molar-refractivity contribution in [3.05, 3.63) is 29.8 Å². The summed E-state index contributed by atoms with van der Waals surface area (Å²) in [7, 11) is 1.55. The van der Waals surface area contributed by atoms with Crippen molar-refractivity contribution in [2.24, 2.45) is 0 Å². The lowest BCUT2D eigenvalue weighted by atomic mass is 9.95. The first kappa shape index (κ1) is 15.8. The van der Waals surface area contributed by atoms with E-state index in [9.17, 15) is 13.2 Å². The Labute approximate surface area is 112 Å². The van der Waals surface area contributed by atoms with Crippen LogP contribution in [0.3, 0.4) is 0 Å². The van der Waals surface area contributed by atoms with Gasteiger partial charge in [-0.2, -0.15) is 13.2 Å². The summed E-state index contributed by atoms with van der Waals surface area (Å²) in [5, 5.41) is 2.62. The van der Waals surface area contributed by atoms with E-state index in [1.165, 1.54) is 6.92 Å². The Kier molecular flexibility index (Phi) is 5.23. The number of alkyl halides is 3. The summed E-state index contributed by atoms with van der Waals surface area (Å²) in [5.41, 5.74) is -1.05. The molecule has 0 saturated carbocycles. The fraction of sp³-hybridized carbons (Fsp3) is 0.571. The minimum absolute atomic E-state index is 0.0622. The molecular formula is C14H20F3NO. The Morgan fingerprint density at radius 1 is 1.16 bits per heavy atom. The van der Waals surface area contributed by atoms with Crippen LogP contribution in [0.25, 0.3) is 0 Å². The van der Waals surface area contributed by atoms with Crippen molar-refractivity contribution in [1.29, 1.82) is 0 Å². The van der Waals surface area contributed by atoms with Gasteiger partial charge in [0.2, 0.25) is 0 Å². The molecule has 2 nitrogen and oxygen atoms in total. The van der Waals surface area contributed by atoms with Crippen molar-refractivity contribution >= 4 is 0 Å². The largest absolute Gasteiger partial charge is 0.497 e. The third-order valence-electron chi connectivity index (χ3n) is 3.22. The van der Waals surface area contributed by atoms with Crippen LogP contribution >= 0.6 is 0 Å². The summed E-state index contributed by atoms with van der Waals surface area (Å²) in [5.74, 6) is 0.691. The molecule has 1 atom stereocenters. The summed E-state index contributed by atoms with van der Waals surface area (Å²) in [6, 6.07) is 6.99. The second-order valence-electron chi connectivity index (χ2n) is 4.78. The van der Waals surface area contributed by atoms with E-state index in [1.807, 2.05) is 0 Å². The van der Waals surface area contributed by atoms with Gasteiger partial charge < -0.3 is 4.74 Å². The monoisotopic (exact) mass is 275 g/mol. The van der Waals surface area contributed by atoms with Crippen LogP contribution in [0.2, 0.25) is 0 Å². The molecule has 0 fully saturated rings. The van der Waals surface area contributed by atoms with Crippen LogP contribution in [0.4, 0.5) is 13.2 Å². The molecule has 1 unspecified atom stereocenters. The standard InChI is InChI=1S/C14H20F3NO/c1-4-9-13(2,14(15,16)17)18-10-11-5-7-12(19-3)8-6-11/h5-8,18H,4,9-10H2,1-3H3. The third kappa shape index (κ3) is 4.13. The van der Waals surface area contributed by atoms with Gasteiger partial charge in [0.05, 0.1) is 7.11 Å². The predicted molar refractivity (Wildman–Crippen MR) is 69.2 cm³/mol. The maximum absolute atomic E-state index is 13.0. The number of nitrogens with one attached hydrogen (secondary N) is 1. The number of halogens is 3. The van der Waals surface area contributed by atoms with Crippen molar-refractivity contribution in [3.8, 4) is 5.75 Å². The molecular weight excluding hydrogens is 255 g/mol. The minimum Gasteiger partial charge on any atom is -0.497 e. The smallest absolute Gasteiger partial charge is 0.406 e. The van der Waals surface area contributed by atoms with Crippen molar-refractivity contribution in [1.82, 2.24) is 5.32 Å². The van der Waals surface area contributed by atoms with Crippen molar-refractivity contribution in [2.45, 2.75) is 44.9 Å². The number of ether oxygens (including phenoxy) is 1. The SMILES string of the molecule is CCCC(C)(NCc1ccc(OC)cc1)C(F)(F)F. The van der Waals surface area contributed by atoms with E-state index in [2.05, 4.69) is 5.32 Å². The number of hydrogen-bond donors (Lipinski definition) is 1. The zero-order valence-electron chi connectivity index (χ0n) is 11.5. The van der Waals surface area contributed by atoms with E-state index >= 15 is 0 Å². The molecule has 19 heavy (non-hydrogen) atoms. The van der Waals surface area contributed by atoms with Gasteiger partial charge in [0.15, 0.2) is 0 Å². The highest BCUT2D eigenvalue weighted by atomic mass is 19.4. The molecule has 1 rings (SSSR count). The average molecular weight is 275 g/mol. The lowest BCUT2D eigenvalue weighted by Gasteiger charge is -2.33. The Bertz CT molecular complexity index is 389. The molecule has 0 spiro atoms. The molecule has 0 radical (unpaired) electrons. The molecule has 5 heteroatoms. The van der Waals surface area contributed by atoms with E-state index < -0.39 is 11.7 Å². The normalized spacial score (nSPS) is 15.1. The number of benzene rings is 1. The van der Waals surface area contributed by atoms with Gasteiger partial charge in [-0.05, 0) is 31.0 Å². The molecule has 0 heterocycles. The highest BCUT2D eigenvalue weighted by Crippen LogP contribution is 2.34. The van der Waals surface area contributed by atoms with Crippen molar-refractivity contribution in [2.75, 3.05) is 7.11 Å². The maximum Gasteiger partial charge on any atom is 0.406 e. The lowest BCUT2D eigenvalue weighted by Crippen LogP contribution is -2.53. The van der Waals surface area contributed by atoms with Gasteiger partial charge >= 0.3 is 6.18 Å². The van der Waals surface area contributed by atoms with Crippen LogP contribution in [0, 0.1) is 0 Å². The summed E-state index contributed by atoms with van der Waals surface area (Å²) in [6.45, 7) is 3.14. The molecule has 0 aliphatic carbocycles. The highest BCUT2D eigenvalue weighted by molar-refractivity contribution is 5.27. The minimum atomic E-state index is -4.25. The van der Waals surface area contributed by atoms with Crippen LogP contribution in [0.1, 0.15) is 32.3 Å².